The van der Waals surface area contributed by atoms with Gasteiger partial charge in [-0.25, -0.2) is 4.79 Å². The second-order valence-electron chi connectivity index (χ2n) is 11.2. The molecule has 4 saturated heterocycles. The van der Waals surface area contributed by atoms with Crippen molar-refractivity contribution in [3.05, 3.63) is 0 Å². The zero-order valence-electron chi connectivity index (χ0n) is 23.7. The van der Waals surface area contributed by atoms with E-state index in [9.17, 15) is 76.3 Å². The summed E-state index contributed by atoms with van der Waals surface area (Å²) in [6, 6.07) is 0. The van der Waals surface area contributed by atoms with Crippen LogP contribution in [-0.2, 0) is 38.0 Å². The molecule has 0 aromatic heterocycles. The summed E-state index contributed by atoms with van der Waals surface area (Å²) in [5, 5.41) is 142. The van der Waals surface area contributed by atoms with E-state index in [0.29, 0.717) is 0 Å². The predicted octanol–water partition coefficient (Wildman–Crippen LogP) is -9.66. The van der Waals surface area contributed by atoms with E-state index in [1.807, 2.05) is 0 Å². The molecule has 0 spiro atoms. The van der Waals surface area contributed by atoms with Gasteiger partial charge in [0.05, 0.1) is 19.8 Å². The maximum Gasteiger partial charge on any atom is 0.335 e. The van der Waals surface area contributed by atoms with Crippen molar-refractivity contribution in [2.24, 2.45) is 0 Å². The summed E-state index contributed by atoms with van der Waals surface area (Å²) in [5.74, 6) is -1.82. The van der Waals surface area contributed by atoms with E-state index >= 15 is 0 Å². The van der Waals surface area contributed by atoms with Crippen LogP contribution in [-0.4, -0.2) is 220 Å². The highest BCUT2D eigenvalue weighted by atomic mass is 16.8. The van der Waals surface area contributed by atoms with E-state index in [-0.39, 0.29) is 0 Å². The third-order valence-corrected chi connectivity index (χ3v) is 8.18. The molecule has 4 aliphatic heterocycles. The Morgan fingerprint density at radius 1 is 0.457 bits per heavy atom. The number of carboxylic acid groups (broad SMARTS) is 1. The molecule has 0 radical (unpaired) electrons. The Kier molecular flexibility index (Phi) is 12.6. The van der Waals surface area contributed by atoms with Gasteiger partial charge < -0.3 is 105 Å². The van der Waals surface area contributed by atoms with Gasteiger partial charge >= 0.3 is 5.97 Å². The summed E-state index contributed by atoms with van der Waals surface area (Å²) in [6.07, 6.45) is -39.0. The van der Waals surface area contributed by atoms with Crippen LogP contribution in [0.4, 0.5) is 0 Å². The number of carboxylic acids is 1. The van der Waals surface area contributed by atoms with Gasteiger partial charge in [-0.2, -0.15) is 0 Å². The summed E-state index contributed by atoms with van der Waals surface area (Å²) < 4.78 is 37.5. The minimum absolute atomic E-state index is 0.862. The largest absolute Gasteiger partial charge is 0.479 e. The molecule has 0 amide bonds. The smallest absolute Gasteiger partial charge is 0.335 e. The molecule has 0 aliphatic carbocycles. The lowest BCUT2D eigenvalue weighted by Gasteiger charge is -2.48. The van der Waals surface area contributed by atoms with E-state index in [1.54, 1.807) is 0 Å². The molecule has 4 rings (SSSR count). The molecule has 4 fully saturated rings. The fourth-order valence-electron chi connectivity index (χ4n) is 5.47. The first-order valence-electron chi connectivity index (χ1n) is 14.1. The molecule has 46 heavy (non-hydrogen) atoms. The van der Waals surface area contributed by atoms with Crippen LogP contribution in [0.25, 0.3) is 0 Å². The van der Waals surface area contributed by atoms with Gasteiger partial charge in [0.1, 0.15) is 91.6 Å². The molecule has 22 nitrogen and oxygen atoms in total. The van der Waals surface area contributed by atoms with E-state index < -0.39 is 149 Å². The molecule has 20 atom stereocenters. The van der Waals surface area contributed by atoms with Gasteiger partial charge in [-0.3, -0.25) is 0 Å². The van der Waals surface area contributed by atoms with Crippen molar-refractivity contribution in [2.75, 3.05) is 19.8 Å². The van der Waals surface area contributed by atoms with Crippen molar-refractivity contribution in [1.29, 1.82) is 0 Å². The number of rotatable bonds is 10. The minimum Gasteiger partial charge on any atom is -0.479 e. The third-order valence-electron chi connectivity index (χ3n) is 8.18. The van der Waals surface area contributed by atoms with Crippen LogP contribution in [0.15, 0.2) is 0 Å². The quantitative estimate of drug-likeness (QED) is 0.102. The molecule has 14 N–H and O–H groups in total. The predicted molar refractivity (Wildman–Crippen MR) is 134 cm³/mol. The Morgan fingerprint density at radius 2 is 0.848 bits per heavy atom. The number of hydrogen-bond acceptors (Lipinski definition) is 21. The summed E-state index contributed by atoms with van der Waals surface area (Å²) in [6.45, 7) is -2.68. The van der Waals surface area contributed by atoms with E-state index in [2.05, 4.69) is 0 Å². The van der Waals surface area contributed by atoms with Gasteiger partial charge in [0.25, 0.3) is 0 Å². The first kappa shape index (κ1) is 37.5. The van der Waals surface area contributed by atoms with E-state index in [4.69, 9.17) is 33.2 Å². The van der Waals surface area contributed by atoms with Crippen molar-refractivity contribution >= 4 is 5.97 Å². The van der Waals surface area contributed by atoms with Crippen LogP contribution in [0, 0.1) is 0 Å². The summed E-state index contributed by atoms with van der Waals surface area (Å²) in [5.41, 5.74) is 0. The number of aliphatic carboxylic acids is 1. The fraction of sp³-hybridized carbons (Fsp3) is 0.958. The Labute approximate surface area is 258 Å². The van der Waals surface area contributed by atoms with Gasteiger partial charge in [0, 0.05) is 0 Å². The third kappa shape index (κ3) is 7.31. The van der Waals surface area contributed by atoms with Crippen molar-refractivity contribution in [2.45, 2.75) is 123 Å². The van der Waals surface area contributed by atoms with E-state index in [0.717, 1.165) is 0 Å². The molecule has 0 aromatic rings. The number of aliphatic hydroxyl groups excluding tert-OH is 13. The van der Waals surface area contributed by atoms with Crippen LogP contribution in [0.2, 0.25) is 0 Å². The lowest BCUT2D eigenvalue weighted by atomic mass is 9.95. The highest BCUT2D eigenvalue weighted by Gasteiger charge is 2.56. The van der Waals surface area contributed by atoms with Crippen LogP contribution in [0.5, 0.6) is 0 Å². The second kappa shape index (κ2) is 15.5. The normalized spacial score (nSPS) is 51.9. The average molecular weight is 681 g/mol. The average Bonchev–Trinajstić information content (AvgIpc) is 3.03. The number of ether oxygens (including phenoxy) is 7. The summed E-state index contributed by atoms with van der Waals surface area (Å²) in [4.78, 5) is 12.1. The highest BCUT2D eigenvalue weighted by molar-refractivity contribution is 5.73. The fourth-order valence-corrected chi connectivity index (χ4v) is 5.47. The van der Waals surface area contributed by atoms with Crippen molar-refractivity contribution in [1.82, 2.24) is 0 Å². The summed E-state index contributed by atoms with van der Waals surface area (Å²) in [7, 11) is 0. The zero-order valence-corrected chi connectivity index (χ0v) is 23.7. The number of hydrogen-bond donors (Lipinski definition) is 14. The highest BCUT2D eigenvalue weighted by Crippen LogP contribution is 2.34. The van der Waals surface area contributed by atoms with Crippen LogP contribution < -0.4 is 0 Å². The van der Waals surface area contributed by atoms with Crippen LogP contribution >= 0.6 is 0 Å². The first-order chi connectivity index (χ1) is 21.7. The lowest BCUT2D eigenvalue weighted by Crippen LogP contribution is -2.68. The maximum absolute atomic E-state index is 12.1. The molecule has 22 heteroatoms. The van der Waals surface area contributed by atoms with Gasteiger partial charge in [0.2, 0.25) is 0 Å². The topological polar surface area (TPSA) is 365 Å². The lowest BCUT2D eigenvalue weighted by molar-refractivity contribution is -0.394. The Balaban J connectivity index is 1.60. The maximum atomic E-state index is 12.1. The molecule has 0 unspecified atom stereocenters. The molecule has 4 heterocycles. The molecular formula is C24H40O22. The molecule has 0 saturated carbocycles. The van der Waals surface area contributed by atoms with Gasteiger partial charge in [-0.15, -0.1) is 0 Å². The minimum atomic E-state index is -2.27. The second-order valence-corrected chi connectivity index (χ2v) is 11.2. The van der Waals surface area contributed by atoms with E-state index in [1.165, 1.54) is 0 Å². The summed E-state index contributed by atoms with van der Waals surface area (Å²) >= 11 is 0. The molecule has 0 bridgehead atoms. The van der Waals surface area contributed by atoms with Crippen molar-refractivity contribution in [3.63, 3.8) is 0 Å². The van der Waals surface area contributed by atoms with Crippen LogP contribution in [0.1, 0.15) is 0 Å². The molecule has 4 aliphatic rings. The monoisotopic (exact) mass is 680 g/mol. The van der Waals surface area contributed by atoms with Gasteiger partial charge in [0.15, 0.2) is 31.3 Å². The number of aliphatic hydroxyl groups is 13. The van der Waals surface area contributed by atoms with Crippen molar-refractivity contribution in [3.8, 4) is 0 Å². The molecule has 268 valence electrons. The Bertz CT molecular complexity index is 988. The Hall–Kier alpha value is -1.33. The van der Waals surface area contributed by atoms with Crippen molar-refractivity contribution < 1.29 is 109 Å². The van der Waals surface area contributed by atoms with Gasteiger partial charge in [-0.05, 0) is 0 Å². The SMILES string of the molecule is O=C(O)[C@H]1O[C@@H](O)[C@H](O[C@H]2O[C@H](CO)[C@H](O)[C@H](O)[C@H]2O)[C@@H](O)[C@@H]1O[C@@H]1O[C@H](CO)[C@H](O)[C@H](O)[C@H]1O[C@@H]1O[C@H](CO)[C@@H](O)[C@H](O)[C@H]1O. The Morgan fingerprint density at radius 3 is 1.28 bits per heavy atom. The van der Waals surface area contributed by atoms with Crippen LogP contribution in [0.3, 0.4) is 0 Å². The van der Waals surface area contributed by atoms with Gasteiger partial charge in [-0.1, -0.05) is 0 Å². The molecular weight excluding hydrogens is 640 g/mol. The molecule has 0 aromatic carbocycles. The zero-order chi connectivity index (χ0) is 34.2. The first-order valence-corrected chi connectivity index (χ1v) is 14.1. The standard InChI is InChI=1S/C24H40O22/c25-1-4-7(28)10(31)13(34)22(40-4)45-17-15(36)16(19(20(37)38)43-21(17)39)44-24-18(12(33)9(30)6(3-27)42-24)46-23-14(35)11(32)8(29)5(2-26)41-23/h4-19,21-36,39H,1-3H2,(H,37,38)/t4-,5-,6-,7+,8-,9+,10+,11+,12+,13-,14-,15+,16+,17-,18-,19+,21-,22-,23+,24+/m1/s1. The number of carbonyl (C=O) groups is 1.